The van der Waals surface area contributed by atoms with Crippen molar-refractivity contribution < 1.29 is 9.94 Å². The third-order valence-corrected chi connectivity index (χ3v) is 5.99. The molecule has 0 radical (unpaired) electrons. The van der Waals surface area contributed by atoms with Crippen LogP contribution < -0.4 is 10.3 Å². The van der Waals surface area contributed by atoms with Crippen molar-refractivity contribution in [3.05, 3.63) is 76.1 Å². The molecule has 1 aromatic heterocycles. The predicted octanol–water partition coefficient (Wildman–Crippen LogP) is 5.40. The highest BCUT2D eigenvalue weighted by Crippen LogP contribution is 2.38. The normalized spacial score (nSPS) is 21.9. The summed E-state index contributed by atoms with van der Waals surface area (Å²) in [6, 6.07) is 17.6. The minimum Gasteiger partial charge on any atom is -0.486 e. The fourth-order valence-corrected chi connectivity index (χ4v) is 4.21. The maximum Gasteiger partial charge on any atom is 0.248 e. The van der Waals surface area contributed by atoms with E-state index < -0.39 is 0 Å². The smallest absolute Gasteiger partial charge is 0.248 e. The number of ether oxygens (including phenoxy) is 1. The summed E-state index contributed by atoms with van der Waals surface area (Å²) in [5.41, 5.74) is 3.87. The minimum absolute atomic E-state index is 0.0993. The van der Waals surface area contributed by atoms with E-state index >= 15 is 0 Å². The molecule has 3 unspecified atom stereocenters. The van der Waals surface area contributed by atoms with E-state index in [0.717, 1.165) is 47.2 Å². The molecule has 1 aliphatic carbocycles. The van der Waals surface area contributed by atoms with Crippen molar-refractivity contribution in [2.24, 2.45) is 11.1 Å². The van der Waals surface area contributed by atoms with Gasteiger partial charge < -0.3 is 14.9 Å². The molecule has 2 N–H and O–H groups in total. The van der Waals surface area contributed by atoms with Crippen molar-refractivity contribution in [3.63, 3.8) is 0 Å². The van der Waals surface area contributed by atoms with Gasteiger partial charge >= 0.3 is 0 Å². The molecule has 1 fully saturated rings. The molecule has 150 valence electrons. The van der Waals surface area contributed by atoms with E-state index in [9.17, 15) is 10.0 Å². The van der Waals surface area contributed by atoms with Gasteiger partial charge in [-0.15, -0.1) is 0 Å². The fraction of sp³-hybridized carbons (Fsp3) is 0.333. The minimum atomic E-state index is -0.125. The largest absolute Gasteiger partial charge is 0.486 e. The molecule has 0 aliphatic heterocycles. The van der Waals surface area contributed by atoms with Crippen LogP contribution in [0, 0.1) is 5.92 Å². The molecule has 0 bridgehead atoms. The number of aromatic nitrogens is 1. The molecule has 3 atom stereocenters. The van der Waals surface area contributed by atoms with Crippen LogP contribution in [0.3, 0.4) is 0 Å². The van der Waals surface area contributed by atoms with Gasteiger partial charge in [0.15, 0.2) is 0 Å². The van der Waals surface area contributed by atoms with E-state index in [2.05, 4.69) is 29.2 Å². The highest BCUT2D eigenvalue weighted by molar-refractivity contribution is 5.85. The van der Waals surface area contributed by atoms with Gasteiger partial charge in [0, 0.05) is 11.6 Å². The van der Waals surface area contributed by atoms with Crippen LogP contribution in [0.1, 0.15) is 56.3 Å². The Balaban J connectivity index is 1.54. The summed E-state index contributed by atoms with van der Waals surface area (Å²) >= 11 is 0. The number of benzene rings is 2. The molecule has 5 nitrogen and oxygen atoms in total. The molecule has 3 aromatic rings. The molecule has 4 rings (SSSR count). The SMILES string of the molecule is CC(Oc1cccc(C2CC(=NO)CCC2C)c1)c1ccc2[nH]c(=O)ccc2c1. The summed E-state index contributed by atoms with van der Waals surface area (Å²) < 4.78 is 6.24. The van der Waals surface area contributed by atoms with E-state index in [4.69, 9.17) is 4.74 Å². The number of oxime groups is 1. The van der Waals surface area contributed by atoms with E-state index in [0.29, 0.717) is 11.8 Å². The molecule has 5 heteroatoms. The van der Waals surface area contributed by atoms with E-state index in [1.54, 1.807) is 0 Å². The Morgan fingerprint density at radius 2 is 2.03 bits per heavy atom. The highest BCUT2D eigenvalue weighted by atomic mass is 16.5. The van der Waals surface area contributed by atoms with Gasteiger partial charge in [-0.05, 0) is 84.9 Å². The van der Waals surface area contributed by atoms with Crippen LogP contribution in [0.4, 0.5) is 0 Å². The van der Waals surface area contributed by atoms with Gasteiger partial charge in [-0.25, -0.2) is 0 Å². The molecular formula is C24H26N2O3. The maximum atomic E-state index is 11.5. The quantitative estimate of drug-likeness (QED) is 0.462. The molecule has 1 saturated carbocycles. The molecule has 0 saturated heterocycles. The lowest BCUT2D eigenvalue weighted by molar-refractivity contribution is 0.226. The van der Waals surface area contributed by atoms with Crippen LogP contribution in [0.2, 0.25) is 0 Å². The monoisotopic (exact) mass is 390 g/mol. The Kier molecular flexibility index (Phi) is 5.38. The Morgan fingerprint density at radius 3 is 2.86 bits per heavy atom. The van der Waals surface area contributed by atoms with Crippen LogP contribution in [0.5, 0.6) is 5.75 Å². The lowest BCUT2D eigenvalue weighted by Crippen LogP contribution is -2.21. The number of hydrogen-bond donors (Lipinski definition) is 2. The van der Waals surface area contributed by atoms with E-state index in [1.807, 2.05) is 43.3 Å². The first-order valence-electron chi connectivity index (χ1n) is 10.1. The highest BCUT2D eigenvalue weighted by Gasteiger charge is 2.27. The topological polar surface area (TPSA) is 74.7 Å². The first-order valence-corrected chi connectivity index (χ1v) is 10.1. The van der Waals surface area contributed by atoms with Gasteiger partial charge in [-0.2, -0.15) is 0 Å². The zero-order valence-electron chi connectivity index (χ0n) is 16.8. The van der Waals surface area contributed by atoms with Crippen LogP contribution in [0.15, 0.2) is 64.5 Å². The molecule has 1 heterocycles. The summed E-state index contributed by atoms with van der Waals surface area (Å²) in [5.74, 6) is 1.71. The summed E-state index contributed by atoms with van der Waals surface area (Å²) in [6.45, 7) is 4.29. The molecule has 2 aromatic carbocycles. The first kappa shape index (κ1) is 19.2. The number of aromatic amines is 1. The number of hydrogen-bond acceptors (Lipinski definition) is 4. The van der Waals surface area contributed by atoms with Crippen molar-refractivity contribution >= 4 is 16.6 Å². The first-order chi connectivity index (χ1) is 14.0. The van der Waals surface area contributed by atoms with E-state index in [-0.39, 0.29) is 11.7 Å². The summed E-state index contributed by atoms with van der Waals surface area (Å²) in [4.78, 5) is 14.3. The Labute approximate surface area is 170 Å². The number of pyridine rings is 1. The van der Waals surface area contributed by atoms with Gasteiger partial charge in [0.25, 0.3) is 0 Å². The lowest BCUT2D eigenvalue weighted by Gasteiger charge is -2.30. The summed E-state index contributed by atoms with van der Waals surface area (Å²) in [6.07, 6.45) is 2.57. The van der Waals surface area contributed by atoms with Gasteiger partial charge in [-0.1, -0.05) is 30.3 Å². The molecule has 0 amide bonds. The van der Waals surface area contributed by atoms with Crippen molar-refractivity contribution in [2.75, 3.05) is 0 Å². The maximum absolute atomic E-state index is 11.5. The molecule has 1 aliphatic rings. The Morgan fingerprint density at radius 1 is 1.17 bits per heavy atom. The number of rotatable bonds is 4. The number of nitrogens with zero attached hydrogens (tertiary/aromatic N) is 1. The van der Waals surface area contributed by atoms with Gasteiger partial charge in [0.2, 0.25) is 5.56 Å². The van der Waals surface area contributed by atoms with Crippen molar-refractivity contribution in [3.8, 4) is 5.75 Å². The van der Waals surface area contributed by atoms with Crippen molar-refractivity contribution in [2.45, 2.75) is 45.1 Å². The summed E-state index contributed by atoms with van der Waals surface area (Å²) in [7, 11) is 0. The van der Waals surface area contributed by atoms with Gasteiger partial charge in [0.05, 0.1) is 5.71 Å². The zero-order valence-corrected chi connectivity index (χ0v) is 16.8. The van der Waals surface area contributed by atoms with Crippen LogP contribution in [0.25, 0.3) is 10.9 Å². The number of nitrogens with one attached hydrogen (secondary N) is 1. The average molecular weight is 390 g/mol. The third kappa shape index (κ3) is 4.19. The van der Waals surface area contributed by atoms with Crippen LogP contribution in [-0.4, -0.2) is 15.9 Å². The van der Waals surface area contributed by atoms with Crippen molar-refractivity contribution in [1.82, 2.24) is 4.98 Å². The molecule has 29 heavy (non-hydrogen) atoms. The second-order valence-electron chi connectivity index (χ2n) is 7.99. The standard InChI is InChI=1S/C24H26N2O3/c1-15-6-9-20(26-28)14-22(15)18-4-3-5-21(13-18)29-16(2)17-7-10-23-19(12-17)8-11-24(27)25-23/h3-5,7-8,10-13,15-16,22,28H,6,9,14H2,1-2H3,(H,25,27). The second kappa shape index (κ2) is 8.11. The summed E-state index contributed by atoms with van der Waals surface area (Å²) in [5, 5.41) is 13.6. The lowest BCUT2D eigenvalue weighted by atomic mass is 9.75. The zero-order chi connectivity index (χ0) is 20.4. The molecular weight excluding hydrogens is 364 g/mol. The van der Waals surface area contributed by atoms with Gasteiger partial charge in [-0.3, -0.25) is 4.79 Å². The average Bonchev–Trinajstić information content (AvgIpc) is 2.74. The fourth-order valence-electron chi connectivity index (χ4n) is 4.21. The number of H-pyrrole nitrogens is 1. The van der Waals surface area contributed by atoms with Crippen LogP contribution >= 0.6 is 0 Å². The van der Waals surface area contributed by atoms with Gasteiger partial charge in [0.1, 0.15) is 11.9 Å². The Bertz CT molecular complexity index is 1100. The van der Waals surface area contributed by atoms with E-state index in [1.165, 1.54) is 11.6 Å². The number of fused-ring (bicyclic) bond motifs is 1. The molecule has 0 spiro atoms. The third-order valence-electron chi connectivity index (χ3n) is 5.99. The van der Waals surface area contributed by atoms with Crippen LogP contribution in [-0.2, 0) is 0 Å². The second-order valence-corrected chi connectivity index (χ2v) is 7.99. The Hall–Kier alpha value is -3.08. The van der Waals surface area contributed by atoms with Crippen molar-refractivity contribution in [1.29, 1.82) is 0 Å². The predicted molar refractivity (Wildman–Crippen MR) is 115 cm³/mol.